The molecular weight excluding hydrogens is 543 g/mol. The highest BCUT2D eigenvalue weighted by atomic mass is 35.5. The van der Waals surface area contributed by atoms with E-state index in [4.69, 9.17) is 40.2 Å². The monoisotopic (exact) mass is 573 g/mol. The number of ether oxygens (including phenoxy) is 3. The number of halogens is 1. The van der Waals surface area contributed by atoms with Crippen molar-refractivity contribution >= 4 is 35.1 Å². The smallest absolute Gasteiger partial charge is 0.488 e. The molecule has 0 bridgehead atoms. The van der Waals surface area contributed by atoms with Crippen molar-refractivity contribution in [3.8, 4) is 11.8 Å². The molecular formula is C30H31BClN4O5+. The second-order valence-corrected chi connectivity index (χ2v) is 11.7. The van der Waals surface area contributed by atoms with Gasteiger partial charge in [-0.15, -0.1) is 0 Å². The number of aromatic amines is 1. The molecule has 41 heavy (non-hydrogen) atoms. The fourth-order valence-electron chi connectivity index (χ4n) is 5.00. The van der Waals surface area contributed by atoms with Gasteiger partial charge in [-0.2, -0.15) is 10.4 Å². The summed E-state index contributed by atoms with van der Waals surface area (Å²) in [5.41, 5.74) is 3.88. The molecule has 2 aromatic heterocycles. The number of nitrogens with zero attached hydrogens (tertiary/aromatic N) is 3. The van der Waals surface area contributed by atoms with Crippen LogP contribution in [0, 0.1) is 11.3 Å². The van der Waals surface area contributed by atoms with Crippen LogP contribution in [-0.4, -0.2) is 41.3 Å². The lowest BCUT2D eigenvalue weighted by atomic mass is 9.77. The van der Waals surface area contributed by atoms with E-state index in [2.05, 4.69) is 11.1 Å². The average Bonchev–Trinajstić information content (AvgIpc) is 3.67. The van der Waals surface area contributed by atoms with Crippen LogP contribution in [0.25, 0.3) is 10.9 Å². The number of benzene rings is 2. The van der Waals surface area contributed by atoms with Gasteiger partial charge in [0.25, 0.3) is 0 Å². The highest BCUT2D eigenvalue weighted by Gasteiger charge is 2.52. The molecule has 2 aliphatic heterocycles. The first-order valence-corrected chi connectivity index (χ1v) is 13.9. The van der Waals surface area contributed by atoms with E-state index in [9.17, 15) is 5.26 Å². The molecule has 0 aliphatic carbocycles. The normalized spacial score (nSPS) is 18.2. The fraction of sp³-hybridized carbons (Fsp3) is 0.367. The molecule has 0 unspecified atom stereocenters. The zero-order valence-electron chi connectivity index (χ0n) is 23.4. The second-order valence-electron chi connectivity index (χ2n) is 11.3. The van der Waals surface area contributed by atoms with Gasteiger partial charge < -0.3 is 23.5 Å². The molecule has 1 N–H and O–H groups in total. The van der Waals surface area contributed by atoms with Gasteiger partial charge in [0.05, 0.1) is 53.8 Å². The zero-order valence-corrected chi connectivity index (χ0v) is 24.2. The van der Waals surface area contributed by atoms with Gasteiger partial charge >= 0.3 is 7.12 Å². The molecule has 4 heterocycles. The van der Waals surface area contributed by atoms with Gasteiger partial charge in [-0.3, -0.25) is 4.68 Å². The third kappa shape index (κ3) is 5.32. The van der Waals surface area contributed by atoms with Crippen molar-refractivity contribution in [2.45, 2.75) is 58.3 Å². The highest BCUT2D eigenvalue weighted by Crippen LogP contribution is 2.38. The van der Waals surface area contributed by atoms with E-state index in [1.165, 1.54) is 0 Å². The number of aromatic nitrogens is 3. The third-order valence-electron chi connectivity index (χ3n) is 7.97. The average molecular weight is 574 g/mol. The zero-order chi connectivity index (χ0) is 28.8. The summed E-state index contributed by atoms with van der Waals surface area (Å²) in [6.07, 6.45) is 4.71. The summed E-state index contributed by atoms with van der Waals surface area (Å²) in [6, 6.07) is 13.7. The Bertz CT molecular complexity index is 1630. The SMILES string of the molecule is CC1(C)OB(c2cccc3c2cnn3Cc2cc(OCc3c[nH+]cc(C#N)c3)c(C3OCCO3)cc2Cl)OC1(C)C. The highest BCUT2D eigenvalue weighted by molar-refractivity contribution is 6.65. The van der Waals surface area contributed by atoms with Crippen LogP contribution < -0.4 is 15.2 Å². The molecule has 2 aromatic carbocycles. The molecule has 0 amide bonds. The Morgan fingerprint density at radius 2 is 1.88 bits per heavy atom. The van der Waals surface area contributed by atoms with Crippen LogP contribution in [0.4, 0.5) is 0 Å². The van der Waals surface area contributed by atoms with Crippen LogP contribution in [0.2, 0.25) is 5.02 Å². The van der Waals surface area contributed by atoms with Gasteiger partial charge in [0, 0.05) is 10.4 Å². The Morgan fingerprint density at radius 1 is 1.12 bits per heavy atom. The van der Waals surface area contributed by atoms with Crippen LogP contribution in [-0.2, 0) is 31.9 Å². The Kier molecular flexibility index (Phi) is 7.26. The van der Waals surface area contributed by atoms with Crippen molar-refractivity contribution in [2.24, 2.45) is 0 Å². The molecule has 2 saturated heterocycles. The van der Waals surface area contributed by atoms with E-state index < -0.39 is 24.6 Å². The van der Waals surface area contributed by atoms with Crippen LogP contribution in [0.5, 0.6) is 5.75 Å². The van der Waals surface area contributed by atoms with E-state index >= 15 is 0 Å². The predicted octanol–water partition coefficient (Wildman–Crippen LogP) is 4.35. The molecule has 0 saturated carbocycles. The predicted molar refractivity (Wildman–Crippen MR) is 153 cm³/mol. The van der Waals surface area contributed by atoms with Crippen molar-refractivity contribution in [1.82, 2.24) is 9.78 Å². The van der Waals surface area contributed by atoms with Gasteiger partial charge in [-0.25, -0.2) is 4.98 Å². The maximum absolute atomic E-state index is 9.24. The van der Waals surface area contributed by atoms with Crippen molar-refractivity contribution in [2.75, 3.05) is 13.2 Å². The lowest BCUT2D eigenvalue weighted by Crippen LogP contribution is -2.41. The van der Waals surface area contributed by atoms with E-state index in [1.54, 1.807) is 18.5 Å². The Hall–Kier alpha value is -3.46. The van der Waals surface area contributed by atoms with Gasteiger partial charge in [0.2, 0.25) is 0 Å². The lowest BCUT2D eigenvalue weighted by Gasteiger charge is -2.32. The minimum atomic E-state index is -0.568. The topological polar surface area (TPSA) is 102 Å². The van der Waals surface area contributed by atoms with E-state index in [0.29, 0.717) is 41.7 Å². The molecule has 0 spiro atoms. The summed E-state index contributed by atoms with van der Waals surface area (Å²) < 4.78 is 32.3. The minimum Gasteiger partial charge on any atom is -0.488 e. The van der Waals surface area contributed by atoms with Crippen LogP contribution in [0.15, 0.2) is 55.0 Å². The molecule has 9 nitrogen and oxygen atoms in total. The van der Waals surface area contributed by atoms with E-state index in [1.807, 2.05) is 68.9 Å². The standard InChI is InChI=1S/C30H30BClN4O5/c1-29(2)30(3,4)41-31(40-29)24-6-5-7-26-23(24)16-35-36(26)17-21-11-27(22(12-25(21)32)28-37-8-9-38-28)39-18-20-10-19(13-33)14-34-15-20/h5-7,10-12,14-16,28H,8-9,17-18H2,1-4H3/p+1. The van der Waals surface area contributed by atoms with E-state index in [0.717, 1.165) is 27.5 Å². The lowest BCUT2D eigenvalue weighted by molar-refractivity contribution is -0.379. The van der Waals surface area contributed by atoms with Gasteiger partial charge in [0.15, 0.2) is 18.7 Å². The summed E-state index contributed by atoms with van der Waals surface area (Å²) >= 11 is 6.81. The molecule has 4 aromatic rings. The number of fused-ring (bicyclic) bond motifs is 1. The summed E-state index contributed by atoms with van der Waals surface area (Å²) in [5, 5.41) is 15.5. The Morgan fingerprint density at radius 3 is 2.61 bits per heavy atom. The largest absolute Gasteiger partial charge is 0.495 e. The van der Waals surface area contributed by atoms with Crippen molar-refractivity contribution < 1.29 is 28.5 Å². The van der Waals surface area contributed by atoms with Crippen LogP contribution >= 0.6 is 11.6 Å². The van der Waals surface area contributed by atoms with Gasteiger partial charge in [0.1, 0.15) is 24.0 Å². The molecule has 6 rings (SSSR count). The summed E-state index contributed by atoms with van der Waals surface area (Å²) in [5.74, 6) is 0.591. The first-order valence-electron chi connectivity index (χ1n) is 13.5. The van der Waals surface area contributed by atoms with Crippen LogP contribution in [0.3, 0.4) is 0 Å². The maximum atomic E-state index is 9.24. The summed E-state index contributed by atoms with van der Waals surface area (Å²) in [4.78, 5) is 2.98. The quantitative estimate of drug-likeness (QED) is 0.303. The molecule has 2 aliphatic rings. The number of hydrogen-bond donors (Lipinski definition) is 0. The second kappa shape index (κ2) is 10.7. The van der Waals surface area contributed by atoms with Crippen molar-refractivity contribution in [3.05, 3.63) is 82.3 Å². The molecule has 11 heteroatoms. The summed E-state index contributed by atoms with van der Waals surface area (Å²) in [7, 11) is -0.493. The number of nitrogens with one attached hydrogen (secondary N) is 1. The Balaban J connectivity index is 1.31. The molecule has 2 fully saturated rings. The first-order chi connectivity index (χ1) is 19.6. The fourth-order valence-corrected chi connectivity index (χ4v) is 5.23. The van der Waals surface area contributed by atoms with Gasteiger partial charge in [-0.1, -0.05) is 23.7 Å². The Labute approximate surface area is 244 Å². The molecule has 210 valence electrons. The number of H-pyrrole nitrogens is 1. The van der Waals surface area contributed by atoms with Crippen molar-refractivity contribution in [3.63, 3.8) is 0 Å². The number of hydrogen-bond acceptors (Lipinski definition) is 7. The van der Waals surface area contributed by atoms with Gasteiger partial charge in [-0.05, 0) is 63.0 Å². The molecule has 0 atom stereocenters. The maximum Gasteiger partial charge on any atom is 0.495 e. The number of rotatable bonds is 7. The number of pyridine rings is 1. The van der Waals surface area contributed by atoms with E-state index in [-0.39, 0.29) is 6.61 Å². The number of nitriles is 1. The third-order valence-corrected chi connectivity index (χ3v) is 8.33. The van der Waals surface area contributed by atoms with Crippen LogP contribution in [0.1, 0.15) is 56.2 Å². The molecule has 0 radical (unpaired) electrons. The summed E-state index contributed by atoms with van der Waals surface area (Å²) in [6.45, 7) is 9.82. The van der Waals surface area contributed by atoms with Crippen molar-refractivity contribution in [1.29, 1.82) is 5.26 Å². The minimum absolute atomic E-state index is 0.245. The first kappa shape index (κ1) is 27.7.